The van der Waals surface area contributed by atoms with E-state index in [9.17, 15) is 14.4 Å². The van der Waals surface area contributed by atoms with E-state index in [4.69, 9.17) is 42.3 Å². The van der Waals surface area contributed by atoms with Gasteiger partial charge in [0.05, 0.1) is 17.4 Å². The number of esters is 2. The molecular formula is C39H62Cl2N4O7. The normalized spacial score (nSPS) is 19.7. The summed E-state index contributed by atoms with van der Waals surface area (Å²) in [6.07, 6.45) is 0.852. The molecule has 3 N–H and O–H groups in total. The Balaban J connectivity index is 0. The smallest absolute Gasteiger partial charge is 0.303 e. The number of fused-ring (bicyclic) bond motifs is 1. The average Bonchev–Trinajstić information content (AvgIpc) is 3.44. The molecule has 13 heteroatoms. The van der Waals surface area contributed by atoms with Gasteiger partial charge in [-0.05, 0) is 75.3 Å². The number of carbonyl (C=O) groups is 3. The van der Waals surface area contributed by atoms with Crippen LogP contribution in [0.15, 0.2) is 54.6 Å². The van der Waals surface area contributed by atoms with Gasteiger partial charge in [0.1, 0.15) is 6.10 Å². The zero-order valence-corrected chi connectivity index (χ0v) is 33.2. The number of aryl methyl sites for hydroxylation is 1. The molecule has 3 aromatic rings. The number of nitrogens with one attached hydrogen (secondary N) is 3. The number of carbonyl (C=O) groups excluding carboxylic acids is 3. The number of hydrogen-bond acceptors (Lipinski definition) is 9. The van der Waals surface area contributed by atoms with E-state index >= 15 is 0 Å². The van der Waals surface area contributed by atoms with Crippen LogP contribution in [0.5, 0.6) is 0 Å². The number of hydroxylamine groups is 1. The number of halogens is 2. The topological polar surface area (TPSA) is 131 Å². The molecule has 1 aromatic heterocycles. The Labute approximate surface area is 323 Å². The molecule has 11 nitrogen and oxygen atoms in total. The van der Waals surface area contributed by atoms with Crippen molar-refractivity contribution in [2.75, 3.05) is 31.5 Å². The van der Waals surface area contributed by atoms with E-state index in [1.165, 1.54) is 61.7 Å². The Morgan fingerprint density at radius 1 is 0.942 bits per heavy atom. The Hall–Kier alpha value is -3.45. The number of aromatic amines is 1. The first kappa shape index (κ1) is 44.7. The van der Waals surface area contributed by atoms with Crippen LogP contribution in [0.25, 0.3) is 17.0 Å². The lowest BCUT2D eigenvalue weighted by atomic mass is 9.92. The zero-order valence-electron chi connectivity index (χ0n) is 31.7. The largest absolute Gasteiger partial charge is 0.458 e. The summed E-state index contributed by atoms with van der Waals surface area (Å²) in [5, 5.41) is 4.97. The molecule has 1 aliphatic heterocycles. The summed E-state index contributed by atoms with van der Waals surface area (Å²) in [7, 11) is 0. The number of hydrogen-bond donors (Lipinski definition) is 3. The van der Waals surface area contributed by atoms with Crippen LogP contribution in [-0.2, 0) is 46.4 Å². The first-order valence-electron chi connectivity index (χ1n) is 17.7. The maximum Gasteiger partial charge on any atom is 0.303 e. The molecule has 0 bridgehead atoms. The van der Waals surface area contributed by atoms with Gasteiger partial charge in [-0.25, -0.2) is 10.3 Å². The summed E-state index contributed by atoms with van der Waals surface area (Å²) < 4.78 is 16.5. The number of amides is 1. The van der Waals surface area contributed by atoms with Gasteiger partial charge in [-0.1, -0.05) is 70.2 Å². The molecular weight excluding hydrogens is 707 g/mol. The molecule has 0 unspecified atom stereocenters. The molecule has 0 saturated carbocycles. The Morgan fingerprint density at radius 3 is 2.12 bits per heavy atom. The SMILES string of the molecule is CC(=O)O[C@H]1[C@H](C)[C@H](ONC(=O)/C=C/c2ccc(CNCCc3c(C)[nH]c4ccccc34)cc2)O[C@@H](C)[C@H]1OC(C)=O.CCN(CC)CC.ClCCl.[HH].[HH].[HH]. The van der Waals surface area contributed by atoms with Crippen molar-refractivity contribution in [3.05, 3.63) is 77.0 Å². The number of para-hydroxylation sites is 1. The summed E-state index contributed by atoms with van der Waals surface area (Å²) in [4.78, 5) is 46.9. The summed E-state index contributed by atoms with van der Waals surface area (Å²) >= 11 is 9.53. The molecule has 1 aliphatic rings. The highest BCUT2D eigenvalue weighted by Crippen LogP contribution is 2.31. The molecule has 1 saturated heterocycles. The predicted molar refractivity (Wildman–Crippen MR) is 214 cm³/mol. The standard InChI is InChI=1S/C32H39N3O7.C6H15N.CH2Cl2.3H2/c1-19-30(40-22(4)36)31(41-23(5)37)21(3)39-32(19)42-35-29(38)15-14-24-10-12-25(13-11-24)18-33-17-16-26-20(2)34-28-9-7-6-8-27(26)28;1-4-7(5-2)6-3;2-1-3;;;/h6-15,19,21,30-34H,16-18H2,1-5H3,(H,35,38);4-6H2,1-3H3;1H2;3*1H/b15-14+;;;;;/t19-,21-,30-,31+,32-;;;;;/m0...../s1. The van der Waals surface area contributed by atoms with Gasteiger partial charge < -0.3 is 29.4 Å². The molecule has 0 aliphatic carbocycles. The molecule has 294 valence electrons. The lowest BCUT2D eigenvalue weighted by Crippen LogP contribution is -2.57. The van der Waals surface area contributed by atoms with Gasteiger partial charge in [0.25, 0.3) is 5.91 Å². The third-order valence-electron chi connectivity index (χ3n) is 8.62. The van der Waals surface area contributed by atoms with E-state index in [2.05, 4.69) is 66.6 Å². The van der Waals surface area contributed by atoms with Gasteiger partial charge in [0, 0.05) is 47.3 Å². The van der Waals surface area contributed by atoms with Crippen LogP contribution in [0.3, 0.4) is 0 Å². The van der Waals surface area contributed by atoms with Gasteiger partial charge in [0.15, 0.2) is 12.4 Å². The zero-order chi connectivity index (χ0) is 38.6. The molecule has 1 amide bonds. The third-order valence-corrected chi connectivity index (χ3v) is 8.62. The van der Waals surface area contributed by atoms with Gasteiger partial charge in [-0.15, -0.1) is 23.2 Å². The van der Waals surface area contributed by atoms with Gasteiger partial charge >= 0.3 is 11.9 Å². The van der Waals surface area contributed by atoms with Gasteiger partial charge in [-0.3, -0.25) is 14.4 Å². The minimum absolute atomic E-state index is 0. The van der Waals surface area contributed by atoms with Crippen LogP contribution in [0.4, 0.5) is 0 Å². The minimum Gasteiger partial charge on any atom is -0.458 e. The Bertz CT molecular complexity index is 1560. The quantitative estimate of drug-likeness (QED) is 0.0499. The molecule has 2 heterocycles. The summed E-state index contributed by atoms with van der Waals surface area (Å²) in [5.74, 6) is -2.04. The molecule has 5 atom stereocenters. The molecule has 0 spiro atoms. The lowest BCUT2D eigenvalue weighted by molar-refractivity contribution is -0.292. The van der Waals surface area contributed by atoms with Crippen molar-refractivity contribution in [3.63, 3.8) is 0 Å². The number of ether oxygens (including phenoxy) is 3. The van der Waals surface area contributed by atoms with E-state index in [1.54, 1.807) is 19.9 Å². The van der Waals surface area contributed by atoms with Crippen molar-refractivity contribution >= 4 is 58.0 Å². The van der Waals surface area contributed by atoms with Crippen LogP contribution < -0.4 is 10.8 Å². The number of H-pyrrole nitrogens is 1. The number of benzene rings is 2. The highest BCUT2D eigenvalue weighted by Gasteiger charge is 2.47. The van der Waals surface area contributed by atoms with Crippen molar-refractivity contribution in [2.45, 2.75) is 93.0 Å². The molecule has 0 radical (unpaired) electrons. The molecule has 1 fully saturated rings. The molecule has 4 rings (SSSR count). The van der Waals surface area contributed by atoms with Crippen molar-refractivity contribution < 1.29 is 37.7 Å². The summed E-state index contributed by atoms with van der Waals surface area (Å²) in [6.45, 7) is 19.8. The van der Waals surface area contributed by atoms with E-state index < -0.39 is 48.4 Å². The number of nitrogens with zero attached hydrogens (tertiary/aromatic N) is 1. The second-order valence-corrected chi connectivity index (χ2v) is 13.1. The fourth-order valence-electron chi connectivity index (χ4n) is 5.83. The second-order valence-electron chi connectivity index (χ2n) is 12.3. The fraction of sp³-hybridized carbons (Fsp3) is 0.513. The van der Waals surface area contributed by atoms with E-state index in [0.717, 1.165) is 30.6 Å². The van der Waals surface area contributed by atoms with Crippen LogP contribution in [-0.4, -0.2) is 83.8 Å². The minimum atomic E-state index is -0.917. The van der Waals surface area contributed by atoms with Gasteiger partial charge in [0.2, 0.25) is 0 Å². The molecule has 52 heavy (non-hydrogen) atoms. The fourth-order valence-corrected chi connectivity index (χ4v) is 5.83. The summed E-state index contributed by atoms with van der Waals surface area (Å²) in [6, 6.07) is 16.3. The Morgan fingerprint density at radius 2 is 1.54 bits per heavy atom. The number of alkyl halides is 2. The average molecular weight is 770 g/mol. The van der Waals surface area contributed by atoms with E-state index in [1.807, 2.05) is 30.3 Å². The van der Waals surface area contributed by atoms with Crippen LogP contribution in [0.1, 0.15) is 75.1 Å². The number of aromatic nitrogens is 1. The highest BCUT2D eigenvalue weighted by atomic mass is 35.5. The second kappa shape index (κ2) is 24.0. The number of rotatable bonds is 14. The van der Waals surface area contributed by atoms with Crippen molar-refractivity contribution in [2.24, 2.45) is 5.92 Å². The maximum atomic E-state index is 12.4. The van der Waals surface area contributed by atoms with E-state index in [0.29, 0.717) is 0 Å². The van der Waals surface area contributed by atoms with Crippen molar-refractivity contribution in [1.82, 2.24) is 20.7 Å². The monoisotopic (exact) mass is 768 g/mol. The van der Waals surface area contributed by atoms with Crippen LogP contribution in [0.2, 0.25) is 0 Å². The van der Waals surface area contributed by atoms with Crippen LogP contribution >= 0.6 is 23.2 Å². The lowest BCUT2D eigenvalue weighted by Gasteiger charge is -2.42. The van der Waals surface area contributed by atoms with Crippen molar-refractivity contribution in [1.29, 1.82) is 0 Å². The summed E-state index contributed by atoms with van der Waals surface area (Å²) in [5.41, 5.74) is 8.08. The van der Waals surface area contributed by atoms with E-state index in [-0.39, 0.29) is 9.62 Å². The first-order chi connectivity index (χ1) is 24.9. The highest BCUT2D eigenvalue weighted by molar-refractivity contribution is 6.40. The predicted octanol–water partition coefficient (Wildman–Crippen LogP) is 7.62. The van der Waals surface area contributed by atoms with Crippen LogP contribution in [0, 0.1) is 12.8 Å². The van der Waals surface area contributed by atoms with Gasteiger partial charge in [-0.2, -0.15) is 0 Å². The molecule has 2 aromatic carbocycles. The third kappa shape index (κ3) is 14.9. The Kier molecular flexibility index (Phi) is 20.6. The maximum absolute atomic E-state index is 12.4. The first-order valence-corrected chi connectivity index (χ1v) is 18.8. The van der Waals surface area contributed by atoms with Crippen molar-refractivity contribution in [3.8, 4) is 0 Å².